The second-order valence-electron chi connectivity index (χ2n) is 6.04. The van der Waals surface area contributed by atoms with E-state index < -0.39 is 27.9 Å². The van der Waals surface area contributed by atoms with Crippen LogP contribution in [0.4, 0.5) is 4.39 Å². The van der Waals surface area contributed by atoms with E-state index in [4.69, 9.17) is 0 Å². The number of halogens is 1. The zero-order valence-corrected chi connectivity index (χ0v) is 14.4. The van der Waals surface area contributed by atoms with Gasteiger partial charge in [0.05, 0.1) is 11.1 Å². The average molecular weight is 367 g/mol. The monoisotopic (exact) mass is 367 g/mol. The number of nitrogens with zero attached hydrogens (tertiary/aromatic N) is 3. The van der Waals surface area contributed by atoms with Gasteiger partial charge in [0.15, 0.2) is 0 Å². The van der Waals surface area contributed by atoms with Gasteiger partial charge < -0.3 is 5.11 Å². The molecule has 0 bridgehead atoms. The topological polar surface area (TPSA) is 92.5 Å². The maximum Gasteiger partial charge on any atom is 0.322 e. The standard InChI is InChI=1S/C16H18FN3O4S/c1-11-9-18-19(10-11)14-6-5-12(8-13(14)17)25(23,24)20-7-3-2-4-15(20)16(21)22/h5-6,8-10,15H,2-4,7H2,1H3,(H,21,22). The Hall–Kier alpha value is -2.26. The molecule has 3 rings (SSSR count). The van der Waals surface area contributed by atoms with E-state index in [2.05, 4.69) is 5.10 Å². The molecule has 1 saturated heterocycles. The number of hydrogen-bond acceptors (Lipinski definition) is 4. The molecule has 1 aromatic carbocycles. The molecule has 1 fully saturated rings. The van der Waals surface area contributed by atoms with Crippen molar-refractivity contribution in [3.8, 4) is 5.69 Å². The van der Waals surface area contributed by atoms with Crippen LogP contribution in [0.5, 0.6) is 0 Å². The van der Waals surface area contributed by atoms with Crippen LogP contribution in [-0.2, 0) is 14.8 Å². The first-order valence-electron chi connectivity index (χ1n) is 7.86. The Morgan fingerprint density at radius 3 is 2.72 bits per heavy atom. The maximum atomic E-state index is 14.4. The minimum absolute atomic E-state index is 0.112. The van der Waals surface area contributed by atoms with Gasteiger partial charge in [0.25, 0.3) is 0 Å². The van der Waals surface area contributed by atoms with E-state index in [9.17, 15) is 22.7 Å². The predicted octanol–water partition coefficient (Wildman–Crippen LogP) is 1.95. The normalized spacial score (nSPS) is 19.0. The lowest BCUT2D eigenvalue weighted by Gasteiger charge is -2.31. The highest BCUT2D eigenvalue weighted by Gasteiger charge is 2.37. The zero-order chi connectivity index (χ0) is 18.2. The number of aliphatic carboxylic acids is 1. The fourth-order valence-electron chi connectivity index (χ4n) is 2.95. The van der Waals surface area contributed by atoms with Crippen LogP contribution in [0.3, 0.4) is 0 Å². The van der Waals surface area contributed by atoms with E-state index in [0.717, 1.165) is 15.9 Å². The summed E-state index contributed by atoms with van der Waals surface area (Å²) >= 11 is 0. The number of piperidine rings is 1. The van der Waals surface area contributed by atoms with Gasteiger partial charge in [0.1, 0.15) is 17.5 Å². The summed E-state index contributed by atoms with van der Waals surface area (Å²) in [6, 6.07) is 2.40. The van der Waals surface area contributed by atoms with Crippen molar-refractivity contribution < 1.29 is 22.7 Å². The van der Waals surface area contributed by atoms with Crippen molar-refractivity contribution in [1.82, 2.24) is 14.1 Å². The van der Waals surface area contributed by atoms with E-state index >= 15 is 0 Å². The van der Waals surface area contributed by atoms with Crippen molar-refractivity contribution in [2.45, 2.75) is 37.1 Å². The fourth-order valence-corrected chi connectivity index (χ4v) is 4.62. The molecule has 134 valence electrons. The molecule has 1 N–H and O–H groups in total. The predicted molar refractivity (Wildman–Crippen MR) is 87.4 cm³/mol. The lowest BCUT2D eigenvalue weighted by molar-refractivity contribution is -0.142. The third kappa shape index (κ3) is 3.29. The third-order valence-corrected chi connectivity index (χ3v) is 6.13. The second-order valence-corrected chi connectivity index (χ2v) is 7.93. The number of benzene rings is 1. The number of rotatable bonds is 4. The largest absolute Gasteiger partial charge is 0.480 e. The molecule has 0 saturated carbocycles. The molecule has 1 aliphatic rings. The molecule has 0 aliphatic carbocycles. The molecule has 1 aromatic heterocycles. The number of hydrogen-bond donors (Lipinski definition) is 1. The van der Waals surface area contributed by atoms with Crippen LogP contribution in [0.1, 0.15) is 24.8 Å². The van der Waals surface area contributed by atoms with Crippen molar-refractivity contribution in [3.05, 3.63) is 42.0 Å². The Labute approximate surface area is 144 Å². The Bertz CT molecular complexity index is 910. The van der Waals surface area contributed by atoms with Crippen molar-refractivity contribution in [3.63, 3.8) is 0 Å². The van der Waals surface area contributed by atoms with Gasteiger partial charge in [0.2, 0.25) is 10.0 Å². The highest BCUT2D eigenvalue weighted by Crippen LogP contribution is 2.27. The lowest BCUT2D eigenvalue weighted by atomic mass is 10.1. The van der Waals surface area contributed by atoms with Crippen LogP contribution >= 0.6 is 0 Å². The van der Waals surface area contributed by atoms with Gasteiger partial charge in [0, 0.05) is 12.7 Å². The minimum atomic E-state index is -4.09. The molecule has 25 heavy (non-hydrogen) atoms. The summed E-state index contributed by atoms with van der Waals surface area (Å²) in [5.41, 5.74) is 0.967. The average Bonchev–Trinajstić information content (AvgIpc) is 3.00. The van der Waals surface area contributed by atoms with Gasteiger partial charge in [-0.3, -0.25) is 4.79 Å². The van der Waals surface area contributed by atoms with Gasteiger partial charge >= 0.3 is 5.97 Å². The lowest BCUT2D eigenvalue weighted by Crippen LogP contribution is -2.47. The SMILES string of the molecule is Cc1cnn(-c2ccc(S(=O)(=O)N3CCCCC3C(=O)O)cc2F)c1. The van der Waals surface area contributed by atoms with Crippen LogP contribution in [-0.4, -0.2) is 46.2 Å². The van der Waals surface area contributed by atoms with Crippen molar-refractivity contribution >= 4 is 16.0 Å². The van der Waals surface area contributed by atoms with Gasteiger partial charge in [-0.2, -0.15) is 9.40 Å². The van der Waals surface area contributed by atoms with Crippen LogP contribution in [0, 0.1) is 12.7 Å². The van der Waals surface area contributed by atoms with Crippen LogP contribution < -0.4 is 0 Å². The van der Waals surface area contributed by atoms with Crippen LogP contribution in [0.15, 0.2) is 35.5 Å². The van der Waals surface area contributed by atoms with Gasteiger partial charge in [-0.1, -0.05) is 0 Å². The summed E-state index contributed by atoms with van der Waals surface area (Å²) in [4.78, 5) is 11.1. The maximum absolute atomic E-state index is 14.4. The number of aryl methyl sites for hydroxylation is 1. The number of carboxylic acids is 1. The quantitative estimate of drug-likeness (QED) is 0.892. The third-order valence-electron chi connectivity index (χ3n) is 4.22. The molecular formula is C16H18FN3O4S. The molecular weight excluding hydrogens is 349 g/mol. The Kier molecular flexibility index (Phi) is 4.61. The molecule has 7 nitrogen and oxygen atoms in total. The van der Waals surface area contributed by atoms with Crippen molar-refractivity contribution in [1.29, 1.82) is 0 Å². The molecule has 9 heteroatoms. The number of carboxylic acid groups (broad SMARTS) is 1. The van der Waals surface area contributed by atoms with Gasteiger partial charge in [-0.15, -0.1) is 0 Å². The number of aromatic nitrogens is 2. The second kappa shape index (κ2) is 6.57. The molecule has 0 spiro atoms. The Morgan fingerprint density at radius 1 is 1.36 bits per heavy atom. The van der Waals surface area contributed by atoms with E-state index in [1.54, 1.807) is 12.4 Å². The summed E-state index contributed by atoms with van der Waals surface area (Å²) in [7, 11) is -4.09. The molecule has 1 atom stereocenters. The van der Waals surface area contributed by atoms with E-state index in [-0.39, 0.29) is 23.5 Å². The van der Waals surface area contributed by atoms with E-state index in [1.807, 2.05) is 6.92 Å². The first kappa shape index (κ1) is 17.6. The highest BCUT2D eigenvalue weighted by molar-refractivity contribution is 7.89. The summed E-state index contributed by atoms with van der Waals surface area (Å²) in [6.07, 6.45) is 4.67. The Balaban J connectivity index is 1.97. The molecule has 0 radical (unpaired) electrons. The smallest absolute Gasteiger partial charge is 0.322 e. The fraction of sp³-hybridized carbons (Fsp3) is 0.375. The molecule has 2 aromatic rings. The first-order chi connectivity index (χ1) is 11.8. The molecule has 1 aliphatic heterocycles. The number of carbonyl (C=O) groups is 1. The van der Waals surface area contributed by atoms with Crippen molar-refractivity contribution in [2.24, 2.45) is 0 Å². The Morgan fingerprint density at radius 2 is 2.12 bits per heavy atom. The van der Waals surface area contributed by atoms with Gasteiger partial charge in [-0.05, 0) is 49.9 Å². The van der Waals surface area contributed by atoms with E-state index in [1.165, 1.54) is 16.8 Å². The van der Waals surface area contributed by atoms with Crippen LogP contribution in [0.25, 0.3) is 5.69 Å². The van der Waals surface area contributed by atoms with Crippen molar-refractivity contribution in [2.75, 3.05) is 6.54 Å². The zero-order valence-electron chi connectivity index (χ0n) is 13.6. The summed E-state index contributed by atoms with van der Waals surface area (Å²) in [6.45, 7) is 1.92. The first-order valence-corrected chi connectivity index (χ1v) is 9.30. The van der Waals surface area contributed by atoms with Crippen LogP contribution in [0.2, 0.25) is 0 Å². The van der Waals surface area contributed by atoms with Gasteiger partial charge in [-0.25, -0.2) is 17.5 Å². The minimum Gasteiger partial charge on any atom is -0.480 e. The molecule has 1 unspecified atom stereocenters. The summed E-state index contributed by atoms with van der Waals surface area (Å²) in [5, 5.41) is 13.3. The summed E-state index contributed by atoms with van der Waals surface area (Å²) in [5.74, 6) is -1.93. The highest BCUT2D eigenvalue weighted by atomic mass is 32.2. The molecule has 2 heterocycles. The molecule has 0 amide bonds. The number of sulfonamides is 1. The van der Waals surface area contributed by atoms with E-state index in [0.29, 0.717) is 12.8 Å². The summed E-state index contributed by atoms with van der Waals surface area (Å²) < 4.78 is 42.3.